The van der Waals surface area contributed by atoms with Crippen molar-refractivity contribution in [3.8, 4) is 5.75 Å². The molecular formula is C16H20N4O4S3. The molecule has 11 heteroatoms. The molecule has 1 aliphatic heterocycles. The molecule has 1 aliphatic rings. The van der Waals surface area contributed by atoms with Gasteiger partial charge in [0.15, 0.2) is 10.4 Å². The van der Waals surface area contributed by atoms with Crippen molar-refractivity contribution in [2.45, 2.75) is 36.0 Å². The molecule has 0 spiro atoms. The number of nitrogens with one attached hydrogen (secondary N) is 1. The smallest absolute Gasteiger partial charge is 0.267 e. The van der Waals surface area contributed by atoms with E-state index in [1.165, 1.54) is 15.6 Å². The van der Waals surface area contributed by atoms with Gasteiger partial charge < -0.3 is 4.74 Å². The van der Waals surface area contributed by atoms with Gasteiger partial charge in [0, 0.05) is 18.2 Å². The second-order valence-electron chi connectivity index (χ2n) is 6.23. The lowest BCUT2D eigenvalue weighted by atomic mass is 10.2. The Kier molecular flexibility index (Phi) is 5.92. The molecule has 146 valence electrons. The summed E-state index contributed by atoms with van der Waals surface area (Å²) in [5, 5.41) is 11.5. The summed E-state index contributed by atoms with van der Waals surface area (Å²) in [5.74, 6) is -0.0220. The van der Waals surface area contributed by atoms with Crippen molar-refractivity contribution in [3.63, 3.8) is 0 Å². The van der Waals surface area contributed by atoms with Gasteiger partial charge in [-0.25, -0.2) is 8.42 Å². The predicted molar refractivity (Wildman–Crippen MR) is 107 cm³/mol. The largest absolute Gasteiger partial charge is 0.478 e. The minimum absolute atomic E-state index is 0.151. The molecule has 2 heterocycles. The van der Waals surface area contributed by atoms with Gasteiger partial charge in [-0.3, -0.25) is 14.4 Å². The van der Waals surface area contributed by atoms with E-state index in [9.17, 15) is 13.2 Å². The van der Waals surface area contributed by atoms with Crippen LogP contribution in [0.1, 0.15) is 20.3 Å². The van der Waals surface area contributed by atoms with Crippen LogP contribution >= 0.6 is 23.1 Å². The fourth-order valence-electron chi connectivity index (χ4n) is 2.55. The Bertz CT molecular complexity index is 929. The van der Waals surface area contributed by atoms with Crippen molar-refractivity contribution < 1.29 is 17.9 Å². The Labute approximate surface area is 166 Å². The fraction of sp³-hybridized carbons (Fsp3) is 0.438. The maximum Gasteiger partial charge on any atom is 0.267 e. The van der Waals surface area contributed by atoms with Gasteiger partial charge in [-0.15, -0.1) is 10.2 Å². The number of fused-ring (bicyclic) bond motifs is 1. The highest BCUT2D eigenvalue weighted by molar-refractivity contribution is 8.01. The molecule has 1 N–H and O–H groups in total. The number of benzene rings is 1. The number of para-hydroxylation sites is 2. The zero-order valence-corrected chi connectivity index (χ0v) is 17.5. The molecule has 8 nitrogen and oxygen atoms in total. The van der Waals surface area contributed by atoms with Crippen LogP contribution in [-0.2, 0) is 14.8 Å². The van der Waals surface area contributed by atoms with Crippen LogP contribution in [0.4, 0.5) is 10.8 Å². The van der Waals surface area contributed by atoms with E-state index < -0.39 is 16.1 Å². The van der Waals surface area contributed by atoms with Crippen LogP contribution in [-0.4, -0.2) is 48.7 Å². The van der Waals surface area contributed by atoms with E-state index >= 15 is 0 Å². The van der Waals surface area contributed by atoms with Gasteiger partial charge in [0.2, 0.25) is 15.2 Å². The van der Waals surface area contributed by atoms with Crippen molar-refractivity contribution in [2.75, 3.05) is 22.4 Å². The third-order valence-electron chi connectivity index (χ3n) is 3.66. The molecule has 0 bridgehead atoms. The van der Waals surface area contributed by atoms with Crippen LogP contribution in [0.5, 0.6) is 5.75 Å². The number of thioether (sulfide) groups is 1. The zero-order valence-electron chi connectivity index (χ0n) is 15.1. The average Bonchev–Trinajstić information content (AvgIpc) is 2.89. The Hall–Kier alpha value is -1.85. The summed E-state index contributed by atoms with van der Waals surface area (Å²) in [4.78, 5) is 12.6. The van der Waals surface area contributed by atoms with E-state index in [0.717, 1.165) is 10.6 Å². The first-order valence-corrected chi connectivity index (χ1v) is 11.8. The highest BCUT2D eigenvalue weighted by Crippen LogP contribution is 2.34. The van der Waals surface area contributed by atoms with Crippen LogP contribution in [0.15, 0.2) is 28.6 Å². The summed E-state index contributed by atoms with van der Waals surface area (Å²) in [6.07, 6.45) is 0.530. The first-order valence-electron chi connectivity index (χ1n) is 8.28. The summed E-state index contributed by atoms with van der Waals surface area (Å²) < 4.78 is 32.1. The maximum absolute atomic E-state index is 12.6. The van der Waals surface area contributed by atoms with Crippen LogP contribution < -0.4 is 14.4 Å². The van der Waals surface area contributed by atoms with Crippen molar-refractivity contribution in [1.82, 2.24) is 10.2 Å². The average molecular weight is 429 g/mol. The molecule has 1 atom stereocenters. The maximum atomic E-state index is 12.6. The zero-order chi connectivity index (χ0) is 19.6. The summed E-state index contributed by atoms with van der Waals surface area (Å²) in [7, 11) is -3.48. The summed E-state index contributed by atoms with van der Waals surface area (Å²) >= 11 is 2.86. The van der Waals surface area contributed by atoms with Gasteiger partial charge in [0.1, 0.15) is 5.75 Å². The van der Waals surface area contributed by atoms with Gasteiger partial charge >= 0.3 is 0 Å². The monoisotopic (exact) mass is 428 g/mol. The number of ether oxygens (including phenoxy) is 1. The molecule has 2 aromatic rings. The Balaban J connectivity index is 1.76. The van der Waals surface area contributed by atoms with Crippen molar-refractivity contribution in [3.05, 3.63) is 24.3 Å². The van der Waals surface area contributed by atoms with Crippen molar-refractivity contribution in [2.24, 2.45) is 0 Å². The fourth-order valence-corrected chi connectivity index (χ4v) is 5.48. The van der Waals surface area contributed by atoms with E-state index in [4.69, 9.17) is 4.74 Å². The van der Waals surface area contributed by atoms with Crippen molar-refractivity contribution >= 4 is 49.8 Å². The third kappa shape index (κ3) is 4.90. The lowest BCUT2D eigenvalue weighted by Crippen LogP contribution is -2.35. The van der Waals surface area contributed by atoms with E-state index in [-0.39, 0.29) is 18.9 Å². The quantitative estimate of drug-likeness (QED) is 0.577. The van der Waals surface area contributed by atoms with Gasteiger partial charge in [0.25, 0.3) is 5.91 Å². The SMILES string of the molecule is CC(C)Sc1nnc(NC(=O)C2CCN(S(C)(=O)=O)c3ccccc3O2)s1. The number of hydrogen-bond donors (Lipinski definition) is 1. The molecule has 1 aromatic heterocycles. The number of sulfonamides is 1. The normalized spacial score (nSPS) is 17.2. The molecule has 1 aromatic carbocycles. The lowest BCUT2D eigenvalue weighted by Gasteiger charge is -2.20. The van der Waals surface area contributed by atoms with Crippen LogP contribution in [0, 0.1) is 0 Å². The Morgan fingerprint density at radius 2 is 2.11 bits per heavy atom. The number of nitrogens with zero attached hydrogens (tertiary/aromatic N) is 3. The topological polar surface area (TPSA) is 101 Å². The van der Waals surface area contributed by atoms with E-state index in [2.05, 4.69) is 29.4 Å². The molecule has 0 aliphatic carbocycles. The molecule has 3 rings (SSSR count). The second-order valence-corrected chi connectivity index (χ2v) is 10.9. The minimum Gasteiger partial charge on any atom is -0.478 e. The molecule has 0 radical (unpaired) electrons. The van der Waals surface area contributed by atoms with Crippen LogP contribution in [0.2, 0.25) is 0 Å². The number of rotatable bonds is 5. The van der Waals surface area contributed by atoms with E-state index in [0.29, 0.717) is 21.8 Å². The first kappa shape index (κ1) is 19.9. The lowest BCUT2D eigenvalue weighted by molar-refractivity contribution is -0.122. The number of carbonyl (C=O) groups excluding carboxylic acids is 1. The number of anilines is 2. The van der Waals surface area contributed by atoms with E-state index in [1.54, 1.807) is 36.0 Å². The number of amides is 1. The minimum atomic E-state index is -3.48. The highest BCUT2D eigenvalue weighted by atomic mass is 32.2. The van der Waals surface area contributed by atoms with Crippen molar-refractivity contribution in [1.29, 1.82) is 0 Å². The molecule has 0 fully saturated rings. The summed E-state index contributed by atoms with van der Waals surface area (Å²) in [6.45, 7) is 4.25. The Morgan fingerprint density at radius 1 is 1.37 bits per heavy atom. The van der Waals surface area contributed by atoms with Gasteiger partial charge in [0.05, 0.1) is 11.9 Å². The molecule has 0 saturated carbocycles. The molecule has 1 amide bonds. The number of hydrogen-bond acceptors (Lipinski definition) is 8. The number of aromatic nitrogens is 2. The van der Waals surface area contributed by atoms with Gasteiger partial charge in [-0.1, -0.05) is 49.1 Å². The molecular weight excluding hydrogens is 408 g/mol. The highest BCUT2D eigenvalue weighted by Gasteiger charge is 2.31. The predicted octanol–water partition coefficient (Wildman–Crippen LogP) is 2.59. The van der Waals surface area contributed by atoms with Crippen LogP contribution in [0.3, 0.4) is 0 Å². The van der Waals surface area contributed by atoms with E-state index in [1.807, 2.05) is 0 Å². The Morgan fingerprint density at radius 3 is 2.81 bits per heavy atom. The second kappa shape index (κ2) is 8.03. The van der Waals surface area contributed by atoms with Gasteiger partial charge in [-0.05, 0) is 12.1 Å². The third-order valence-corrected chi connectivity index (χ3v) is 6.77. The molecule has 1 unspecified atom stereocenters. The molecule has 27 heavy (non-hydrogen) atoms. The first-order chi connectivity index (χ1) is 12.7. The summed E-state index contributed by atoms with van der Waals surface area (Å²) in [5.41, 5.74) is 0.432. The summed E-state index contributed by atoms with van der Waals surface area (Å²) in [6, 6.07) is 6.79. The molecule has 0 saturated heterocycles. The standard InChI is InChI=1S/C16H20N4O4S3/c1-10(2)25-16-19-18-15(26-16)17-14(21)13-8-9-20(27(3,22)23)11-6-4-5-7-12(11)24-13/h4-7,10,13H,8-9H2,1-3H3,(H,17,18,21). The van der Waals surface area contributed by atoms with Crippen LogP contribution in [0.25, 0.3) is 0 Å². The number of carbonyl (C=O) groups is 1. The van der Waals surface area contributed by atoms with Gasteiger partial charge in [-0.2, -0.15) is 0 Å².